The van der Waals surface area contributed by atoms with Crippen LogP contribution in [-0.4, -0.2) is 28.4 Å². The van der Waals surface area contributed by atoms with E-state index in [0.717, 1.165) is 17.9 Å². The molecular weight excluding hydrogens is 416 g/mol. The first-order valence-electron chi connectivity index (χ1n) is 9.93. The molecule has 2 aromatic heterocycles. The number of nitrogens with one attached hydrogen (secondary N) is 1. The van der Waals surface area contributed by atoms with E-state index in [1.54, 1.807) is 7.11 Å². The van der Waals surface area contributed by atoms with Crippen LogP contribution in [-0.2, 0) is 11.3 Å². The molecule has 0 spiro atoms. The second-order valence-corrected chi connectivity index (χ2v) is 8.27. The lowest BCUT2D eigenvalue weighted by Gasteiger charge is -2.28. The number of benzene rings is 1. The van der Waals surface area contributed by atoms with Crippen LogP contribution in [0.25, 0.3) is 0 Å². The van der Waals surface area contributed by atoms with E-state index in [1.165, 1.54) is 17.0 Å². The molecule has 3 heterocycles. The van der Waals surface area contributed by atoms with Crippen LogP contribution in [0.1, 0.15) is 34.7 Å². The Morgan fingerprint density at radius 1 is 1.17 bits per heavy atom. The number of anilines is 1. The number of rotatable bonds is 6. The first kappa shape index (κ1) is 20.8. The van der Waals surface area contributed by atoms with Crippen molar-refractivity contribution in [3.63, 3.8) is 0 Å². The minimum atomic E-state index is -0.0641. The minimum absolute atomic E-state index is 0.0314. The van der Waals surface area contributed by atoms with Gasteiger partial charge in [-0.2, -0.15) is 0 Å². The summed E-state index contributed by atoms with van der Waals surface area (Å²) in [6.45, 7) is 5.78. The van der Waals surface area contributed by atoms with Gasteiger partial charge in [0.2, 0.25) is 0 Å². The number of aromatic nitrogens is 2. The van der Waals surface area contributed by atoms with E-state index in [-0.39, 0.29) is 12.1 Å². The van der Waals surface area contributed by atoms with Gasteiger partial charge in [-0.3, -0.25) is 4.98 Å². The lowest BCUT2D eigenvalue weighted by molar-refractivity contribution is 0.186. The summed E-state index contributed by atoms with van der Waals surface area (Å²) in [4.78, 5) is 6.80. The number of nitrogens with zero attached hydrogens (tertiary/aromatic N) is 3. The number of hydrogen-bond donors (Lipinski definition) is 1. The maximum Gasteiger partial charge on any atom is 0.174 e. The van der Waals surface area contributed by atoms with Crippen LogP contribution in [0.15, 0.2) is 54.7 Å². The van der Waals surface area contributed by atoms with Crippen molar-refractivity contribution in [2.24, 2.45) is 0 Å². The molecule has 1 N–H and O–H groups in total. The molecule has 1 fully saturated rings. The van der Waals surface area contributed by atoms with Gasteiger partial charge in [0.05, 0.1) is 24.4 Å². The fourth-order valence-corrected chi connectivity index (χ4v) is 4.68. The van der Waals surface area contributed by atoms with E-state index in [4.69, 9.17) is 28.6 Å². The van der Waals surface area contributed by atoms with Crippen molar-refractivity contribution in [3.8, 4) is 0 Å². The number of pyridine rings is 1. The van der Waals surface area contributed by atoms with Crippen molar-refractivity contribution in [2.75, 3.05) is 18.6 Å². The van der Waals surface area contributed by atoms with E-state index in [1.807, 2.05) is 48.7 Å². The Morgan fingerprint density at radius 2 is 1.93 bits per heavy atom. The highest BCUT2D eigenvalue weighted by Gasteiger charge is 2.42. The normalized spacial score (nSPS) is 18.7. The Morgan fingerprint density at radius 3 is 2.60 bits per heavy atom. The first-order chi connectivity index (χ1) is 14.5. The fourth-order valence-electron chi connectivity index (χ4n) is 4.20. The Kier molecular flexibility index (Phi) is 6.09. The predicted molar refractivity (Wildman–Crippen MR) is 125 cm³/mol. The third kappa shape index (κ3) is 3.83. The fraction of sp³-hybridized carbons (Fsp3) is 0.304. The van der Waals surface area contributed by atoms with E-state index in [0.29, 0.717) is 16.7 Å². The summed E-state index contributed by atoms with van der Waals surface area (Å²) in [6.07, 6.45) is 1.82. The monoisotopic (exact) mass is 440 g/mol. The van der Waals surface area contributed by atoms with Crippen molar-refractivity contribution < 1.29 is 4.74 Å². The predicted octanol–water partition coefficient (Wildman–Crippen LogP) is 4.98. The average molecular weight is 441 g/mol. The molecule has 0 radical (unpaired) electrons. The Labute approximate surface area is 187 Å². The third-order valence-corrected chi connectivity index (χ3v) is 6.22. The molecule has 0 saturated carbocycles. The maximum absolute atomic E-state index is 6.14. The zero-order valence-electron chi connectivity index (χ0n) is 17.3. The van der Waals surface area contributed by atoms with Gasteiger partial charge in [-0.05, 0) is 74.1 Å². The number of methoxy groups -OCH3 is 1. The number of aryl methyl sites for hydroxylation is 1. The summed E-state index contributed by atoms with van der Waals surface area (Å²) in [6, 6.07) is 16.0. The summed E-state index contributed by atoms with van der Waals surface area (Å²) in [5.74, 6) is 0. The number of thiocarbonyl (C=S) groups is 1. The molecular formula is C23H25ClN4OS. The van der Waals surface area contributed by atoms with Crippen molar-refractivity contribution in [3.05, 3.63) is 82.4 Å². The van der Waals surface area contributed by atoms with Crippen LogP contribution in [0.5, 0.6) is 0 Å². The Balaban J connectivity index is 1.83. The zero-order chi connectivity index (χ0) is 21.3. The summed E-state index contributed by atoms with van der Waals surface area (Å²) < 4.78 is 7.61. The van der Waals surface area contributed by atoms with Gasteiger partial charge in [-0.15, -0.1) is 0 Å². The molecule has 2 atom stereocenters. The van der Waals surface area contributed by atoms with E-state index < -0.39 is 0 Å². The van der Waals surface area contributed by atoms with Crippen molar-refractivity contribution >= 4 is 34.6 Å². The lowest BCUT2D eigenvalue weighted by Crippen LogP contribution is -2.29. The number of hydrogen-bond acceptors (Lipinski definition) is 3. The summed E-state index contributed by atoms with van der Waals surface area (Å²) in [5.41, 5.74) is 5.60. The zero-order valence-corrected chi connectivity index (χ0v) is 18.9. The van der Waals surface area contributed by atoms with Crippen LogP contribution >= 0.6 is 23.8 Å². The molecule has 0 aliphatic carbocycles. The number of ether oxygens (including phenoxy) is 1. The highest BCUT2D eigenvalue weighted by Crippen LogP contribution is 2.43. The second kappa shape index (κ2) is 8.76. The van der Waals surface area contributed by atoms with Crippen molar-refractivity contribution in [1.29, 1.82) is 0 Å². The van der Waals surface area contributed by atoms with E-state index >= 15 is 0 Å². The highest BCUT2D eigenvalue weighted by atomic mass is 35.5. The molecule has 3 aromatic rings. The summed E-state index contributed by atoms with van der Waals surface area (Å²) in [7, 11) is 1.73. The van der Waals surface area contributed by atoms with Gasteiger partial charge in [0.25, 0.3) is 0 Å². The molecule has 156 valence electrons. The largest absolute Gasteiger partial charge is 0.383 e. The molecule has 4 rings (SSSR count). The van der Waals surface area contributed by atoms with Crippen LogP contribution in [0, 0.1) is 13.8 Å². The van der Waals surface area contributed by atoms with Crippen LogP contribution in [0.4, 0.5) is 5.69 Å². The standard InChI is InChI=1S/C23H25ClN4OS/c1-15-14-19(16(2)27(15)12-13-29-3)22-21(20-6-4-5-11-25-20)26-23(30)28(22)18-9-7-17(24)8-10-18/h4-11,14,21-22H,12-13H2,1-3H3,(H,26,30). The first-order valence-corrected chi connectivity index (χ1v) is 10.7. The quantitative estimate of drug-likeness (QED) is 0.548. The van der Waals surface area contributed by atoms with Gasteiger partial charge < -0.3 is 19.5 Å². The van der Waals surface area contributed by atoms with Crippen LogP contribution in [0.2, 0.25) is 5.02 Å². The van der Waals surface area contributed by atoms with Crippen LogP contribution < -0.4 is 10.2 Å². The van der Waals surface area contributed by atoms with Gasteiger partial charge in [-0.25, -0.2) is 0 Å². The molecule has 0 amide bonds. The maximum atomic E-state index is 6.14. The van der Waals surface area contributed by atoms with Crippen LogP contribution in [0.3, 0.4) is 0 Å². The van der Waals surface area contributed by atoms with Crippen molar-refractivity contribution in [2.45, 2.75) is 32.5 Å². The van der Waals surface area contributed by atoms with Gasteiger partial charge in [0.15, 0.2) is 5.11 Å². The molecule has 0 bridgehead atoms. The smallest absolute Gasteiger partial charge is 0.174 e. The molecule has 7 heteroatoms. The molecule has 30 heavy (non-hydrogen) atoms. The summed E-state index contributed by atoms with van der Waals surface area (Å²) >= 11 is 11.9. The topological polar surface area (TPSA) is 42.3 Å². The van der Waals surface area contributed by atoms with Gasteiger partial charge in [0.1, 0.15) is 0 Å². The lowest BCUT2D eigenvalue weighted by atomic mass is 9.96. The third-order valence-electron chi connectivity index (χ3n) is 5.65. The Bertz CT molecular complexity index is 1040. The molecule has 5 nitrogen and oxygen atoms in total. The molecule has 1 aromatic carbocycles. The molecule has 1 aliphatic rings. The van der Waals surface area contributed by atoms with Crippen molar-refractivity contribution in [1.82, 2.24) is 14.9 Å². The van der Waals surface area contributed by atoms with E-state index in [9.17, 15) is 0 Å². The SMILES string of the molecule is COCCn1c(C)cc(C2C(c3ccccn3)NC(=S)N2c2ccc(Cl)cc2)c1C. The minimum Gasteiger partial charge on any atom is -0.383 e. The average Bonchev–Trinajstić information content (AvgIpc) is 3.23. The molecule has 2 unspecified atom stereocenters. The summed E-state index contributed by atoms with van der Waals surface area (Å²) in [5, 5.41) is 4.89. The molecule has 1 aliphatic heterocycles. The van der Waals surface area contributed by atoms with Gasteiger partial charge >= 0.3 is 0 Å². The van der Waals surface area contributed by atoms with Gasteiger partial charge in [-0.1, -0.05) is 17.7 Å². The van der Waals surface area contributed by atoms with E-state index in [2.05, 4.69) is 39.7 Å². The highest BCUT2D eigenvalue weighted by molar-refractivity contribution is 7.80. The molecule has 1 saturated heterocycles. The van der Waals surface area contributed by atoms with Gasteiger partial charge in [0, 0.05) is 41.9 Å². The Hall–Kier alpha value is -2.41. The second-order valence-electron chi connectivity index (χ2n) is 7.44. The number of halogens is 1.